The van der Waals surface area contributed by atoms with Gasteiger partial charge < -0.3 is 15.2 Å². The van der Waals surface area contributed by atoms with Crippen molar-refractivity contribution in [3.63, 3.8) is 0 Å². The third-order valence-electron chi connectivity index (χ3n) is 8.48. The van der Waals surface area contributed by atoms with E-state index in [0.717, 1.165) is 59.6 Å². The van der Waals surface area contributed by atoms with Gasteiger partial charge in [0.15, 0.2) is 0 Å². The van der Waals surface area contributed by atoms with E-state index in [-0.39, 0.29) is 23.4 Å². The summed E-state index contributed by atoms with van der Waals surface area (Å²) in [6, 6.07) is 18.4. The van der Waals surface area contributed by atoms with E-state index in [1.165, 1.54) is 10.5 Å². The number of pyridine rings is 2. The number of benzene rings is 2. The Balaban J connectivity index is 1.71. The van der Waals surface area contributed by atoms with Gasteiger partial charge in [0.25, 0.3) is 5.56 Å². The first kappa shape index (κ1) is 35.2. The second-order valence-corrected chi connectivity index (χ2v) is 14.1. The maximum atomic E-state index is 14.2. The van der Waals surface area contributed by atoms with E-state index in [0.29, 0.717) is 23.8 Å². The molecule has 46 heavy (non-hydrogen) atoms. The Morgan fingerprint density at radius 3 is 2.22 bits per heavy atom. The minimum absolute atomic E-state index is 0.165. The molecule has 0 saturated carbocycles. The van der Waals surface area contributed by atoms with Crippen LogP contribution in [0.2, 0.25) is 0 Å². The number of carbonyl (C=O) groups excluding carboxylic acids is 1. The van der Waals surface area contributed by atoms with E-state index in [1.807, 2.05) is 23.9 Å². The van der Waals surface area contributed by atoms with Gasteiger partial charge in [0.2, 0.25) is 0 Å². The Morgan fingerprint density at radius 1 is 0.891 bits per heavy atom. The molecule has 246 valence electrons. The van der Waals surface area contributed by atoms with Crippen LogP contribution in [0.5, 0.6) is 0 Å². The van der Waals surface area contributed by atoms with Crippen LogP contribution in [0, 0.1) is 5.92 Å². The topological polar surface area (TPSA) is 81.3 Å². The SMILES string of the molecule is CCN(CC)CCSc1cccc(-c2cc(C(C)C)c(NC(=O)N(CCC(C)C)c3cc4cccnc4[nH]c3=O)c(C(C)C)c2)c1. The van der Waals surface area contributed by atoms with Crippen molar-refractivity contribution >= 4 is 40.2 Å². The number of H-pyrrole nitrogens is 1. The largest absolute Gasteiger partial charge is 0.326 e. The van der Waals surface area contributed by atoms with Crippen molar-refractivity contribution in [3.05, 3.63) is 82.3 Å². The van der Waals surface area contributed by atoms with E-state index >= 15 is 0 Å². The van der Waals surface area contributed by atoms with Gasteiger partial charge in [0, 0.05) is 41.0 Å². The number of nitrogens with zero attached hydrogens (tertiary/aromatic N) is 3. The molecule has 0 atom stereocenters. The first-order chi connectivity index (χ1) is 22.0. The maximum Gasteiger partial charge on any atom is 0.326 e. The highest BCUT2D eigenvalue weighted by Gasteiger charge is 2.24. The van der Waals surface area contributed by atoms with Crippen LogP contribution in [0.3, 0.4) is 0 Å². The molecule has 0 aliphatic carbocycles. The number of aromatic nitrogens is 2. The molecule has 4 rings (SSSR count). The monoisotopic (exact) mass is 641 g/mol. The summed E-state index contributed by atoms with van der Waals surface area (Å²) in [5.74, 6) is 1.74. The van der Waals surface area contributed by atoms with Crippen LogP contribution in [-0.2, 0) is 0 Å². The van der Waals surface area contributed by atoms with E-state index in [9.17, 15) is 9.59 Å². The van der Waals surface area contributed by atoms with Gasteiger partial charge in [-0.05, 0) is 102 Å². The number of carbonyl (C=O) groups is 1. The highest BCUT2D eigenvalue weighted by Crippen LogP contribution is 2.38. The zero-order valence-electron chi connectivity index (χ0n) is 28.8. The van der Waals surface area contributed by atoms with E-state index < -0.39 is 0 Å². The van der Waals surface area contributed by atoms with Crippen molar-refractivity contribution in [2.45, 2.75) is 78.5 Å². The van der Waals surface area contributed by atoms with Gasteiger partial charge in [-0.1, -0.05) is 67.5 Å². The lowest BCUT2D eigenvalue weighted by atomic mass is 9.88. The summed E-state index contributed by atoms with van der Waals surface area (Å²) in [6.07, 6.45) is 2.41. The summed E-state index contributed by atoms with van der Waals surface area (Å²) >= 11 is 1.89. The summed E-state index contributed by atoms with van der Waals surface area (Å²) in [4.78, 5) is 39.9. The van der Waals surface area contributed by atoms with Crippen LogP contribution in [-0.4, -0.2) is 52.8 Å². The molecule has 0 bridgehead atoms. The lowest BCUT2D eigenvalue weighted by molar-refractivity contribution is 0.256. The van der Waals surface area contributed by atoms with Gasteiger partial charge in [0.05, 0.1) is 0 Å². The smallest absolute Gasteiger partial charge is 0.307 e. The Morgan fingerprint density at radius 2 is 1.59 bits per heavy atom. The van der Waals surface area contributed by atoms with Gasteiger partial charge in [-0.3, -0.25) is 9.69 Å². The summed E-state index contributed by atoms with van der Waals surface area (Å²) in [7, 11) is 0. The number of fused-ring (bicyclic) bond motifs is 1. The van der Waals surface area contributed by atoms with E-state index in [4.69, 9.17) is 0 Å². The van der Waals surface area contributed by atoms with Gasteiger partial charge in [-0.25, -0.2) is 9.78 Å². The van der Waals surface area contributed by atoms with Crippen molar-refractivity contribution in [1.29, 1.82) is 0 Å². The fraction of sp³-hybridized carbons (Fsp3) is 0.447. The Bertz CT molecular complexity index is 1650. The number of nitrogens with one attached hydrogen (secondary N) is 2. The quantitative estimate of drug-likeness (QED) is 0.134. The minimum atomic E-state index is -0.330. The summed E-state index contributed by atoms with van der Waals surface area (Å²) in [6.45, 7) is 20.9. The van der Waals surface area contributed by atoms with Crippen molar-refractivity contribution in [2.24, 2.45) is 5.92 Å². The fourth-order valence-corrected chi connectivity index (χ4v) is 6.59. The zero-order valence-corrected chi connectivity index (χ0v) is 29.6. The average Bonchev–Trinajstić information content (AvgIpc) is 3.03. The van der Waals surface area contributed by atoms with Crippen LogP contribution < -0.4 is 15.8 Å². The molecule has 4 aromatic rings. The summed E-state index contributed by atoms with van der Waals surface area (Å²) in [5, 5.41) is 4.07. The number of anilines is 2. The van der Waals surface area contributed by atoms with Crippen LogP contribution in [0.25, 0.3) is 22.2 Å². The molecule has 0 radical (unpaired) electrons. The Labute approximate surface area is 279 Å². The molecule has 0 spiro atoms. The number of hydrogen-bond donors (Lipinski definition) is 2. The number of hydrogen-bond acceptors (Lipinski definition) is 5. The third-order valence-corrected chi connectivity index (χ3v) is 9.45. The molecule has 0 aliphatic rings. The molecule has 2 amide bonds. The van der Waals surface area contributed by atoms with Crippen LogP contribution in [0.15, 0.2) is 70.5 Å². The predicted octanol–water partition coefficient (Wildman–Crippen LogP) is 9.36. The Kier molecular flexibility index (Phi) is 12.5. The van der Waals surface area contributed by atoms with Crippen LogP contribution in [0.4, 0.5) is 16.2 Å². The minimum Gasteiger partial charge on any atom is -0.307 e. The van der Waals surface area contributed by atoms with Gasteiger partial charge in [0.1, 0.15) is 11.3 Å². The lowest BCUT2D eigenvalue weighted by Crippen LogP contribution is -2.40. The number of rotatable bonds is 14. The maximum absolute atomic E-state index is 14.2. The molecular weight excluding hydrogens is 591 g/mol. The number of amides is 2. The lowest BCUT2D eigenvalue weighted by Gasteiger charge is -2.27. The first-order valence-corrected chi connectivity index (χ1v) is 17.7. The molecule has 2 aromatic heterocycles. The predicted molar refractivity (Wildman–Crippen MR) is 197 cm³/mol. The van der Waals surface area contributed by atoms with Gasteiger partial charge in [-0.2, -0.15) is 0 Å². The molecular formula is C38H51N5O2S. The number of urea groups is 1. The molecule has 0 saturated heterocycles. The van der Waals surface area contributed by atoms with E-state index in [1.54, 1.807) is 17.2 Å². The normalized spacial score (nSPS) is 11.7. The summed E-state index contributed by atoms with van der Waals surface area (Å²) in [5.41, 5.74) is 5.80. The van der Waals surface area contributed by atoms with E-state index in [2.05, 4.69) is 112 Å². The highest BCUT2D eigenvalue weighted by molar-refractivity contribution is 7.99. The molecule has 2 aromatic carbocycles. The molecule has 0 aliphatic heterocycles. The molecule has 2 heterocycles. The molecule has 7 nitrogen and oxygen atoms in total. The zero-order chi connectivity index (χ0) is 33.4. The molecule has 0 unspecified atom stereocenters. The second-order valence-electron chi connectivity index (χ2n) is 12.9. The average molecular weight is 642 g/mol. The van der Waals surface area contributed by atoms with Crippen LogP contribution in [0.1, 0.15) is 84.8 Å². The third kappa shape index (κ3) is 8.80. The second kappa shape index (κ2) is 16.3. The molecule has 0 fully saturated rings. The summed E-state index contributed by atoms with van der Waals surface area (Å²) < 4.78 is 0. The standard InChI is InChI=1S/C38H51N5O2S/c1-9-42(10-2)19-20-46-31-15-11-13-28(21-31)30-22-32(26(5)6)35(33(23-30)27(7)8)40-38(45)43(18-16-25(3)4)34-24-29-14-12-17-39-36(29)41-37(34)44/h11-15,17,21-27H,9-10,16,18-20H2,1-8H3,(H,40,45)(H,39,41,44). The Hall–Kier alpha value is -3.62. The van der Waals surface area contributed by atoms with Crippen LogP contribution >= 0.6 is 11.8 Å². The van der Waals surface area contributed by atoms with Crippen molar-refractivity contribution in [2.75, 3.05) is 42.1 Å². The highest BCUT2D eigenvalue weighted by atomic mass is 32.2. The van der Waals surface area contributed by atoms with Gasteiger partial charge >= 0.3 is 6.03 Å². The fourth-order valence-electron chi connectivity index (χ4n) is 5.62. The molecule has 8 heteroatoms. The van der Waals surface area contributed by atoms with Crippen molar-refractivity contribution < 1.29 is 4.79 Å². The number of thioether (sulfide) groups is 1. The van der Waals surface area contributed by atoms with Gasteiger partial charge in [-0.15, -0.1) is 11.8 Å². The first-order valence-electron chi connectivity index (χ1n) is 16.7. The number of aromatic amines is 1. The molecule has 2 N–H and O–H groups in total. The van der Waals surface area contributed by atoms with Crippen molar-refractivity contribution in [3.8, 4) is 11.1 Å². The van der Waals surface area contributed by atoms with Crippen molar-refractivity contribution in [1.82, 2.24) is 14.9 Å².